The maximum absolute atomic E-state index is 13.9. The summed E-state index contributed by atoms with van der Waals surface area (Å²) in [7, 11) is -1.11. The van der Waals surface area contributed by atoms with Crippen LogP contribution >= 0.6 is 0 Å². The predicted octanol–water partition coefficient (Wildman–Crippen LogP) is 6.35. The normalized spacial score (nSPS) is 14.1. The Kier molecular flexibility index (Phi) is 15.9. The molecule has 0 saturated carbocycles. The van der Waals surface area contributed by atoms with E-state index in [0.29, 0.717) is 6.29 Å². The van der Waals surface area contributed by atoms with Crippen molar-refractivity contribution in [1.82, 2.24) is 0 Å². The van der Waals surface area contributed by atoms with Crippen LogP contribution in [0.4, 0.5) is 0 Å². The summed E-state index contributed by atoms with van der Waals surface area (Å²) in [4.78, 5) is 52.5. The van der Waals surface area contributed by atoms with Crippen molar-refractivity contribution in [2.45, 2.75) is 97.6 Å². The standard InChI is InChI=1S/C35H48O9Si/c1-8-45(9-2,10-3)44-29(21-31(37)43-33(25(4)5)30(22-36)40-7)32(35(39)42-24-28-19-15-12-16-20-28)26(6)34(38)41-23-27-17-13-11-14-18-27/h11-20,22,25,29-30,33H,8-10,21,23-24H2,1-7H3/b32-26-/t29-,30+,33+/m1/s1. The molecule has 0 saturated heterocycles. The van der Waals surface area contributed by atoms with Gasteiger partial charge < -0.3 is 28.2 Å². The zero-order valence-electron chi connectivity index (χ0n) is 27.6. The number of esters is 3. The zero-order chi connectivity index (χ0) is 33.4. The molecule has 2 aromatic rings. The van der Waals surface area contributed by atoms with Crippen LogP contribution in [0.2, 0.25) is 18.1 Å². The lowest BCUT2D eigenvalue weighted by molar-refractivity contribution is -0.162. The first kappa shape index (κ1) is 37.6. The molecule has 0 amide bonds. The Bertz CT molecular complexity index is 1250. The molecular weight excluding hydrogens is 592 g/mol. The van der Waals surface area contributed by atoms with Crippen LogP contribution in [0.3, 0.4) is 0 Å². The number of carbonyl (C=O) groups is 4. The maximum atomic E-state index is 13.9. The smallest absolute Gasteiger partial charge is 0.337 e. The molecule has 0 heterocycles. The predicted molar refractivity (Wildman–Crippen MR) is 173 cm³/mol. The summed E-state index contributed by atoms with van der Waals surface area (Å²) >= 11 is 0. The number of ether oxygens (including phenoxy) is 4. The summed E-state index contributed by atoms with van der Waals surface area (Å²) in [6, 6.07) is 20.5. The van der Waals surface area contributed by atoms with Crippen molar-refractivity contribution in [3.05, 3.63) is 82.9 Å². The van der Waals surface area contributed by atoms with Crippen molar-refractivity contribution >= 4 is 32.5 Å². The molecule has 0 aliphatic rings. The van der Waals surface area contributed by atoms with E-state index >= 15 is 0 Å². The molecule has 2 aromatic carbocycles. The van der Waals surface area contributed by atoms with Gasteiger partial charge >= 0.3 is 17.9 Å². The fourth-order valence-electron chi connectivity index (χ4n) is 4.97. The van der Waals surface area contributed by atoms with E-state index in [1.54, 1.807) is 0 Å². The van der Waals surface area contributed by atoms with Crippen molar-refractivity contribution in [1.29, 1.82) is 0 Å². The molecule has 10 heteroatoms. The minimum absolute atomic E-state index is 0.00530. The second-order valence-electron chi connectivity index (χ2n) is 11.3. The molecule has 0 N–H and O–H groups in total. The first-order valence-electron chi connectivity index (χ1n) is 15.5. The Morgan fingerprint density at radius 1 is 0.800 bits per heavy atom. The van der Waals surface area contributed by atoms with Crippen molar-refractivity contribution < 1.29 is 42.6 Å². The van der Waals surface area contributed by atoms with Crippen LogP contribution < -0.4 is 0 Å². The highest BCUT2D eigenvalue weighted by Crippen LogP contribution is 2.30. The van der Waals surface area contributed by atoms with Crippen LogP contribution in [0.15, 0.2) is 71.8 Å². The summed E-state index contributed by atoms with van der Waals surface area (Å²) in [6.45, 7) is 11.1. The molecule has 45 heavy (non-hydrogen) atoms. The topological polar surface area (TPSA) is 114 Å². The van der Waals surface area contributed by atoms with Gasteiger partial charge in [0.05, 0.1) is 18.1 Å². The minimum atomic E-state index is -2.47. The number of hydrogen-bond donors (Lipinski definition) is 0. The Morgan fingerprint density at radius 2 is 1.29 bits per heavy atom. The molecule has 0 aliphatic carbocycles. The van der Waals surface area contributed by atoms with Crippen LogP contribution in [0.25, 0.3) is 0 Å². The van der Waals surface area contributed by atoms with Crippen molar-refractivity contribution in [3.63, 3.8) is 0 Å². The van der Waals surface area contributed by atoms with Gasteiger partial charge in [0, 0.05) is 12.7 Å². The van der Waals surface area contributed by atoms with E-state index in [9.17, 15) is 19.2 Å². The van der Waals surface area contributed by atoms with E-state index in [0.717, 1.165) is 29.3 Å². The van der Waals surface area contributed by atoms with Crippen molar-refractivity contribution in [2.75, 3.05) is 7.11 Å². The third-order valence-corrected chi connectivity index (χ3v) is 12.7. The Hall–Kier alpha value is -3.60. The number of carbonyl (C=O) groups excluding carboxylic acids is 4. The molecule has 246 valence electrons. The third-order valence-electron chi connectivity index (χ3n) is 8.01. The van der Waals surface area contributed by atoms with Crippen LogP contribution in [-0.4, -0.2) is 57.9 Å². The highest BCUT2D eigenvalue weighted by molar-refractivity contribution is 6.73. The van der Waals surface area contributed by atoms with Gasteiger partial charge in [-0.25, -0.2) is 9.59 Å². The lowest BCUT2D eigenvalue weighted by Gasteiger charge is -2.34. The quantitative estimate of drug-likeness (QED) is 0.0569. The summed E-state index contributed by atoms with van der Waals surface area (Å²) in [6.07, 6.45) is -2.77. The number of aldehydes is 1. The highest BCUT2D eigenvalue weighted by Gasteiger charge is 2.39. The van der Waals surface area contributed by atoms with E-state index in [1.807, 2.05) is 95.3 Å². The fraction of sp³-hybridized carbons (Fsp3) is 0.486. The van der Waals surface area contributed by atoms with Crippen LogP contribution in [0.5, 0.6) is 0 Å². The Morgan fingerprint density at radius 3 is 1.71 bits per heavy atom. The van der Waals surface area contributed by atoms with Gasteiger partial charge in [-0.1, -0.05) is 95.3 Å². The van der Waals surface area contributed by atoms with Crippen LogP contribution in [0.1, 0.15) is 59.1 Å². The largest absolute Gasteiger partial charge is 0.459 e. The lowest BCUT2D eigenvalue weighted by atomic mass is 10.00. The number of benzene rings is 2. The summed E-state index contributed by atoms with van der Waals surface area (Å²) in [5.74, 6) is -2.46. The average molecular weight is 641 g/mol. The van der Waals surface area contributed by atoms with Crippen molar-refractivity contribution in [3.8, 4) is 0 Å². The summed E-state index contributed by atoms with van der Waals surface area (Å²) < 4.78 is 29.0. The van der Waals surface area contributed by atoms with Crippen LogP contribution in [-0.2, 0) is 55.8 Å². The molecule has 0 bridgehead atoms. The molecule has 0 fully saturated rings. The van der Waals surface area contributed by atoms with Gasteiger partial charge in [0.1, 0.15) is 25.4 Å². The van der Waals surface area contributed by atoms with Gasteiger partial charge in [0.25, 0.3) is 0 Å². The zero-order valence-corrected chi connectivity index (χ0v) is 28.6. The van der Waals surface area contributed by atoms with Gasteiger partial charge in [0.2, 0.25) is 0 Å². The molecule has 0 unspecified atom stereocenters. The second kappa shape index (κ2) is 19.0. The van der Waals surface area contributed by atoms with Crippen LogP contribution in [0, 0.1) is 5.92 Å². The number of hydrogen-bond acceptors (Lipinski definition) is 9. The first-order valence-corrected chi connectivity index (χ1v) is 18.1. The molecule has 0 aliphatic heterocycles. The summed E-state index contributed by atoms with van der Waals surface area (Å²) in [5, 5.41) is 0. The Labute approximate surface area is 268 Å². The van der Waals surface area contributed by atoms with Gasteiger partial charge in [-0.3, -0.25) is 4.79 Å². The minimum Gasteiger partial charge on any atom is -0.459 e. The van der Waals surface area contributed by atoms with E-state index in [2.05, 4.69) is 0 Å². The third kappa shape index (κ3) is 11.4. The highest BCUT2D eigenvalue weighted by atomic mass is 28.4. The molecule has 2 rings (SSSR count). The van der Waals surface area contributed by atoms with Gasteiger partial charge in [-0.15, -0.1) is 0 Å². The molecule has 0 spiro atoms. The Balaban J connectivity index is 2.55. The molecular formula is C35H48O9Si. The number of methoxy groups -OCH3 is 1. The monoisotopic (exact) mass is 640 g/mol. The van der Waals surface area contributed by atoms with Crippen molar-refractivity contribution in [2.24, 2.45) is 5.92 Å². The summed E-state index contributed by atoms with van der Waals surface area (Å²) in [5.41, 5.74) is 1.43. The fourth-order valence-corrected chi connectivity index (χ4v) is 7.78. The van der Waals surface area contributed by atoms with Gasteiger partial charge in [0.15, 0.2) is 14.6 Å². The second-order valence-corrected chi connectivity index (χ2v) is 16.0. The first-order chi connectivity index (χ1) is 21.5. The average Bonchev–Trinajstić information content (AvgIpc) is 3.06. The molecule has 3 atom stereocenters. The van der Waals surface area contributed by atoms with Gasteiger partial charge in [-0.2, -0.15) is 0 Å². The lowest BCUT2D eigenvalue weighted by Crippen LogP contribution is -2.44. The number of rotatable bonds is 19. The van der Waals surface area contributed by atoms with Gasteiger partial charge in [-0.05, 0) is 42.1 Å². The molecule has 0 aromatic heterocycles. The van der Waals surface area contributed by atoms with E-state index < -0.39 is 44.5 Å². The molecule has 9 nitrogen and oxygen atoms in total. The van der Waals surface area contributed by atoms with E-state index in [-0.39, 0.29) is 36.7 Å². The van der Waals surface area contributed by atoms with E-state index in [4.69, 9.17) is 23.4 Å². The SMILES string of the molecule is CC[Si](CC)(CC)O[C@H](CC(=O)O[C@@H](C(C)C)[C@H](C=O)OC)/C(C(=O)OCc1ccccc1)=C(\C)C(=O)OCc1ccccc1. The van der Waals surface area contributed by atoms with E-state index in [1.165, 1.54) is 14.0 Å². The maximum Gasteiger partial charge on any atom is 0.337 e. The molecule has 0 radical (unpaired) electrons.